The van der Waals surface area contributed by atoms with Gasteiger partial charge < -0.3 is 9.47 Å². The summed E-state index contributed by atoms with van der Waals surface area (Å²) in [4.78, 5) is 24.2. The van der Waals surface area contributed by atoms with E-state index in [-0.39, 0.29) is 23.8 Å². The van der Waals surface area contributed by atoms with Crippen LogP contribution in [0.5, 0.6) is 0 Å². The Morgan fingerprint density at radius 2 is 0.889 bits per heavy atom. The van der Waals surface area contributed by atoms with E-state index < -0.39 is 0 Å². The SMILES string of the molecule is COC(=O)[C@H]1C2[C@H]3C4C5[C@H](C([C@H]43)[C@@H]1C(=O)OC)[C@@H]52. The summed E-state index contributed by atoms with van der Waals surface area (Å²) in [5, 5.41) is 0. The quantitative estimate of drug-likeness (QED) is 0.670. The van der Waals surface area contributed by atoms with Gasteiger partial charge in [-0.15, -0.1) is 0 Å². The molecule has 2 bridgehead atoms. The van der Waals surface area contributed by atoms with E-state index in [0.29, 0.717) is 11.8 Å². The van der Waals surface area contributed by atoms with E-state index in [1.807, 2.05) is 0 Å². The first-order valence-electron chi connectivity index (χ1n) is 6.88. The van der Waals surface area contributed by atoms with Gasteiger partial charge in [-0.25, -0.2) is 0 Å². The highest BCUT2D eigenvalue weighted by molar-refractivity contribution is 5.84. The van der Waals surface area contributed by atoms with Crippen molar-refractivity contribution in [2.45, 2.75) is 0 Å². The summed E-state index contributed by atoms with van der Waals surface area (Å²) in [5.74, 6) is 4.69. The molecule has 0 heterocycles. The number of ether oxygens (including phenoxy) is 2. The minimum Gasteiger partial charge on any atom is -0.469 e. The van der Waals surface area contributed by atoms with Gasteiger partial charge in [0.1, 0.15) is 0 Å². The first-order chi connectivity index (χ1) is 8.72. The Kier molecular flexibility index (Phi) is 1.42. The van der Waals surface area contributed by atoms with Crippen molar-refractivity contribution in [2.75, 3.05) is 14.2 Å². The van der Waals surface area contributed by atoms with Crippen molar-refractivity contribution in [3.63, 3.8) is 0 Å². The monoisotopic (exact) mass is 248 g/mol. The number of rotatable bonds is 2. The molecule has 0 aromatic carbocycles. The molecule has 6 rings (SSSR count). The Morgan fingerprint density at radius 3 is 1.17 bits per heavy atom. The van der Waals surface area contributed by atoms with Gasteiger partial charge in [-0.2, -0.15) is 0 Å². The topological polar surface area (TPSA) is 52.6 Å². The molecular weight excluding hydrogens is 232 g/mol. The number of hydrogen-bond donors (Lipinski definition) is 0. The highest BCUT2D eigenvalue weighted by Gasteiger charge is 2.92. The van der Waals surface area contributed by atoms with Gasteiger partial charge in [0.2, 0.25) is 0 Å². The average Bonchev–Trinajstić information content (AvgIpc) is 3.24. The Bertz CT molecular complexity index is 422. The molecule has 4 heteroatoms. The lowest BCUT2D eigenvalue weighted by Crippen LogP contribution is -2.51. The fourth-order valence-electron chi connectivity index (χ4n) is 6.68. The van der Waals surface area contributed by atoms with Crippen molar-refractivity contribution in [3.8, 4) is 0 Å². The molecule has 0 radical (unpaired) electrons. The Hall–Kier alpha value is -1.06. The molecule has 96 valence electrons. The molecule has 6 aliphatic carbocycles. The first-order valence-corrected chi connectivity index (χ1v) is 6.88. The predicted molar refractivity (Wildman–Crippen MR) is 58.9 cm³/mol. The Labute approximate surface area is 105 Å². The van der Waals surface area contributed by atoms with Crippen molar-refractivity contribution in [2.24, 2.45) is 59.2 Å². The normalized spacial score (nSPS) is 63.4. The number of hydrogen-bond acceptors (Lipinski definition) is 4. The molecule has 6 fully saturated rings. The van der Waals surface area contributed by atoms with Crippen LogP contribution in [-0.2, 0) is 19.1 Å². The van der Waals surface area contributed by atoms with Gasteiger partial charge in [0, 0.05) is 0 Å². The van der Waals surface area contributed by atoms with Crippen LogP contribution in [0, 0.1) is 59.2 Å². The van der Waals surface area contributed by atoms with Gasteiger partial charge in [0.15, 0.2) is 0 Å². The minimum absolute atomic E-state index is 0.185. The summed E-state index contributed by atoms with van der Waals surface area (Å²) >= 11 is 0. The average molecular weight is 248 g/mol. The standard InChI is InChI=1S/C14H16O4/c1-17-13(15)11-9-5-3-4-6(9)8(4)10(7(3)5)12(11)14(16)18-2/h3-12H,1-2H3/t3?,4?,5-,6+,7+,8-,9?,10?,11-,12-/m0/s1. The smallest absolute Gasteiger partial charge is 0.309 e. The van der Waals surface area contributed by atoms with E-state index in [2.05, 4.69) is 0 Å². The summed E-state index contributed by atoms with van der Waals surface area (Å²) in [6, 6.07) is 0. The van der Waals surface area contributed by atoms with Crippen molar-refractivity contribution in [1.82, 2.24) is 0 Å². The third-order valence-electron chi connectivity index (χ3n) is 6.77. The summed E-state index contributed by atoms with van der Waals surface area (Å²) in [5.41, 5.74) is 0. The van der Waals surface area contributed by atoms with E-state index in [0.717, 1.165) is 35.5 Å². The van der Waals surface area contributed by atoms with Gasteiger partial charge in [0.05, 0.1) is 26.1 Å². The number of carbonyl (C=O) groups is 2. The molecule has 0 N–H and O–H groups in total. The van der Waals surface area contributed by atoms with Crippen LogP contribution in [0.4, 0.5) is 0 Å². The van der Waals surface area contributed by atoms with Crippen molar-refractivity contribution in [1.29, 1.82) is 0 Å². The highest BCUT2D eigenvalue weighted by Crippen LogP contribution is 2.93. The molecule has 4 nitrogen and oxygen atoms in total. The molecule has 0 amide bonds. The molecule has 10 atom stereocenters. The van der Waals surface area contributed by atoms with Crippen LogP contribution in [-0.4, -0.2) is 26.2 Å². The zero-order valence-electron chi connectivity index (χ0n) is 10.4. The zero-order valence-corrected chi connectivity index (χ0v) is 10.4. The third-order valence-corrected chi connectivity index (χ3v) is 6.77. The summed E-state index contributed by atoms with van der Waals surface area (Å²) in [6.45, 7) is 0. The predicted octanol–water partition coefficient (Wildman–Crippen LogP) is 0.562. The van der Waals surface area contributed by atoms with Gasteiger partial charge in [-0.1, -0.05) is 0 Å². The lowest BCUT2D eigenvalue weighted by molar-refractivity contribution is -0.171. The van der Waals surface area contributed by atoms with E-state index in [9.17, 15) is 9.59 Å². The van der Waals surface area contributed by atoms with Gasteiger partial charge in [0.25, 0.3) is 0 Å². The first kappa shape index (κ1) is 9.82. The molecule has 0 aromatic rings. The Balaban J connectivity index is 1.60. The zero-order chi connectivity index (χ0) is 12.3. The van der Waals surface area contributed by atoms with Crippen LogP contribution in [0.15, 0.2) is 0 Å². The van der Waals surface area contributed by atoms with Crippen LogP contribution in [0.3, 0.4) is 0 Å². The number of methoxy groups -OCH3 is 2. The van der Waals surface area contributed by atoms with Gasteiger partial charge in [-0.05, 0) is 47.3 Å². The maximum absolute atomic E-state index is 12.1. The summed E-state index contributed by atoms with van der Waals surface area (Å²) in [7, 11) is 2.86. The van der Waals surface area contributed by atoms with Crippen LogP contribution >= 0.6 is 0 Å². The minimum atomic E-state index is -0.215. The molecule has 18 heavy (non-hydrogen) atoms. The van der Waals surface area contributed by atoms with Crippen LogP contribution in [0.25, 0.3) is 0 Å². The number of esters is 2. The van der Waals surface area contributed by atoms with E-state index >= 15 is 0 Å². The highest BCUT2D eigenvalue weighted by atomic mass is 16.5. The fourth-order valence-corrected chi connectivity index (χ4v) is 6.68. The Morgan fingerprint density at radius 1 is 0.611 bits per heavy atom. The maximum Gasteiger partial charge on any atom is 0.309 e. The van der Waals surface area contributed by atoms with Crippen molar-refractivity contribution < 1.29 is 19.1 Å². The largest absolute Gasteiger partial charge is 0.469 e. The fraction of sp³-hybridized carbons (Fsp3) is 0.857. The van der Waals surface area contributed by atoms with E-state index in [1.165, 1.54) is 14.2 Å². The summed E-state index contributed by atoms with van der Waals surface area (Å²) < 4.78 is 9.93. The lowest BCUT2D eigenvalue weighted by Gasteiger charge is -2.44. The van der Waals surface area contributed by atoms with Gasteiger partial charge >= 0.3 is 11.9 Å². The van der Waals surface area contributed by atoms with Crippen LogP contribution in [0.2, 0.25) is 0 Å². The molecule has 0 spiro atoms. The van der Waals surface area contributed by atoms with Crippen molar-refractivity contribution in [3.05, 3.63) is 0 Å². The number of fused-ring (bicyclic) bond motifs is 1. The molecular formula is C14H16O4. The maximum atomic E-state index is 12.1. The molecule has 0 aromatic heterocycles. The molecule has 4 unspecified atom stereocenters. The second-order valence-electron chi connectivity index (χ2n) is 6.72. The molecule has 6 saturated carbocycles. The summed E-state index contributed by atoms with van der Waals surface area (Å²) in [6.07, 6.45) is 0. The second-order valence-corrected chi connectivity index (χ2v) is 6.72. The van der Waals surface area contributed by atoms with Gasteiger partial charge in [-0.3, -0.25) is 9.59 Å². The second kappa shape index (κ2) is 2.61. The van der Waals surface area contributed by atoms with Crippen LogP contribution in [0.1, 0.15) is 0 Å². The van der Waals surface area contributed by atoms with E-state index in [1.54, 1.807) is 0 Å². The van der Waals surface area contributed by atoms with E-state index in [4.69, 9.17) is 9.47 Å². The molecule has 0 saturated heterocycles. The van der Waals surface area contributed by atoms with Crippen LogP contribution < -0.4 is 0 Å². The third kappa shape index (κ3) is 0.733. The molecule has 0 aliphatic heterocycles. The molecule has 6 aliphatic rings. The number of carbonyl (C=O) groups excluding carboxylic acids is 2. The van der Waals surface area contributed by atoms with Crippen molar-refractivity contribution >= 4 is 11.9 Å². The lowest BCUT2D eigenvalue weighted by atomic mass is 9.58.